The lowest BCUT2D eigenvalue weighted by atomic mass is 10.0. The zero-order valence-corrected chi connectivity index (χ0v) is 11.6. The highest BCUT2D eigenvalue weighted by Gasteiger charge is 2.31. The summed E-state index contributed by atoms with van der Waals surface area (Å²) in [5, 5.41) is 8.82. The predicted octanol–water partition coefficient (Wildman–Crippen LogP) is 2.60. The summed E-state index contributed by atoms with van der Waals surface area (Å²) in [4.78, 5) is 2.31. The fraction of sp³-hybridized carbons (Fsp3) is 0.533. The second-order valence-electron chi connectivity index (χ2n) is 5.01. The van der Waals surface area contributed by atoms with E-state index in [4.69, 9.17) is 15.7 Å². The molecule has 4 nitrogen and oxygen atoms in total. The third-order valence-electron chi connectivity index (χ3n) is 3.48. The van der Waals surface area contributed by atoms with E-state index >= 15 is 0 Å². The second kappa shape index (κ2) is 5.94. The predicted molar refractivity (Wildman–Crippen MR) is 76.2 cm³/mol. The van der Waals surface area contributed by atoms with Gasteiger partial charge in [-0.3, -0.25) is 0 Å². The molecule has 0 aliphatic heterocycles. The van der Waals surface area contributed by atoms with Crippen LogP contribution in [0.3, 0.4) is 0 Å². The third-order valence-corrected chi connectivity index (χ3v) is 3.48. The molecule has 2 rings (SSSR count). The highest BCUT2D eigenvalue weighted by molar-refractivity contribution is 5.62. The van der Waals surface area contributed by atoms with E-state index in [-0.39, 0.29) is 6.04 Å². The van der Waals surface area contributed by atoms with Gasteiger partial charge in [0.05, 0.1) is 19.6 Å². The SMILES string of the molecule is COc1cccc(N(CCC#N)C2CC2)c1[C@H](C)N. The number of benzene rings is 1. The number of hydrogen-bond donors (Lipinski definition) is 1. The lowest BCUT2D eigenvalue weighted by molar-refractivity contribution is 0.407. The Kier molecular flexibility index (Phi) is 4.28. The molecule has 0 heterocycles. The molecule has 102 valence electrons. The number of hydrogen-bond acceptors (Lipinski definition) is 4. The molecule has 0 spiro atoms. The van der Waals surface area contributed by atoms with Crippen molar-refractivity contribution in [1.82, 2.24) is 0 Å². The molecule has 1 atom stereocenters. The molecule has 1 aliphatic carbocycles. The second-order valence-corrected chi connectivity index (χ2v) is 5.01. The average Bonchev–Trinajstić information content (AvgIpc) is 3.23. The molecule has 0 bridgehead atoms. The van der Waals surface area contributed by atoms with Crippen molar-refractivity contribution in [1.29, 1.82) is 5.26 Å². The van der Waals surface area contributed by atoms with Crippen LogP contribution < -0.4 is 15.4 Å². The molecule has 2 N–H and O–H groups in total. The molecule has 1 aromatic carbocycles. The van der Waals surface area contributed by atoms with Crippen LogP contribution in [0, 0.1) is 11.3 Å². The Bertz CT molecular complexity index is 475. The summed E-state index contributed by atoms with van der Waals surface area (Å²) in [5.41, 5.74) is 8.26. The van der Waals surface area contributed by atoms with Gasteiger partial charge in [-0.25, -0.2) is 0 Å². The lowest BCUT2D eigenvalue weighted by Crippen LogP contribution is -2.28. The van der Waals surface area contributed by atoms with Gasteiger partial charge < -0.3 is 15.4 Å². The van der Waals surface area contributed by atoms with Crippen molar-refractivity contribution < 1.29 is 4.74 Å². The lowest BCUT2D eigenvalue weighted by Gasteiger charge is -2.28. The van der Waals surface area contributed by atoms with Crippen LogP contribution in [0.15, 0.2) is 18.2 Å². The minimum atomic E-state index is -0.0884. The van der Waals surface area contributed by atoms with E-state index in [2.05, 4.69) is 17.0 Å². The van der Waals surface area contributed by atoms with Gasteiger partial charge in [-0.05, 0) is 31.9 Å². The Morgan fingerprint density at radius 3 is 2.79 bits per heavy atom. The van der Waals surface area contributed by atoms with E-state index in [1.807, 2.05) is 19.1 Å². The van der Waals surface area contributed by atoms with Crippen molar-refractivity contribution in [2.24, 2.45) is 5.73 Å². The summed E-state index contributed by atoms with van der Waals surface area (Å²) in [6.45, 7) is 2.73. The van der Waals surface area contributed by atoms with E-state index in [0.717, 1.165) is 23.5 Å². The van der Waals surface area contributed by atoms with Gasteiger partial charge in [0.25, 0.3) is 0 Å². The highest BCUT2D eigenvalue weighted by Crippen LogP contribution is 2.39. The van der Waals surface area contributed by atoms with Crippen LogP contribution in [0.25, 0.3) is 0 Å². The smallest absolute Gasteiger partial charge is 0.125 e. The largest absolute Gasteiger partial charge is 0.496 e. The average molecular weight is 259 g/mol. The summed E-state index contributed by atoms with van der Waals surface area (Å²) < 4.78 is 5.43. The van der Waals surface area contributed by atoms with E-state index in [0.29, 0.717) is 12.5 Å². The molecule has 0 aromatic heterocycles. The van der Waals surface area contributed by atoms with Crippen LogP contribution in [0.1, 0.15) is 37.8 Å². The van der Waals surface area contributed by atoms with Crippen molar-refractivity contribution in [3.8, 4) is 11.8 Å². The fourth-order valence-corrected chi connectivity index (χ4v) is 2.47. The monoisotopic (exact) mass is 259 g/mol. The standard InChI is InChI=1S/C15H21N3O/c1-11(17)15-13(5-3-6-14(15)19-2)18(10-4-9-16)12-7-8-12/h3,5-6,11-12H,4,7-8,10,17H2,1-2H3/t11-/m0/s1. The minimum absolute atomic E-state index is 0.0884. The normalized spacial score (nSPS) is 15.7. The highest BCUT2D eigenvalue weighted by atomic mass is 16.5. The van der Waals surface area contributed by atoms with Gasteiger partial charge in [0, 0.05) is 29.9 Å². The van der Waals surface area contributed by atoms with Crippen molar-refractivity contribution >= 4 is 5.69 Å². The first-order valence-electron chi connectivity index (χ1n) is 6.75. The first-order chi connectivity index (χ1) is 9.19. The first-order valence-corrected chi connectivity index (χ1v) is 6.75. The van der Waals surface area contributed by atoms with Crippen LogP contribution in [-0.2, 0) is 0 Å². The Balaban J connectivity index is 2.38. The van der Waals surface area contributed by atoms with E-state index < -0.39 is 0 Å². The first kappa shape index (κ1) is 13.7. The Morgan fingerprint density at radius 1 is 1.53 bits per heavy atom. The van der Waals surface area contributed by atoms with E-state index in [9.17, 15) is 0 Å². The molecule has 1 aliphatic rings. The van der Waals surface area contributed by atoms with Gasteiger partial charge in [-0.15, -0.1) is 0 Å². The van der Waals surface area contributed by atoms with Crippen molar-refractivity contribution in [2.75, 3.05) is 18.6 Å². The number of nitrogens with zero attached hydrogens (tertiary/aromatic N) is 2. The molecule has 4 heteroatoms. The molecule has 1 saturated carbocycles. The summed E-state index contributed by atoms with van der Waals surface area (Å²) in [6, 6.07) is 8.70. The number of anilines is 1. The number of ether oxygens (including phenoxy) is 1. The van der Waals surface area contributed by atoms with Crippen molar-refractivity contribution in [2.45, 2.75) is 38.3 Å². The molecule has 1 aromatic rings. The minimum Gasteiger partial charge on any atom is -0.496 e. The van der Waals surface area contributed by atoms with Gasteiger partial charge in [0.1, 0.15) is 5.75 Å². The quantitative estimate of drug-likeness (QED) is 0.853. The summed E-state index contributed by atoms with van der Waals surface area (Å²) in [7, 11) is 1.67. The number of rotatable bonds is 6. The Morgan fingerprint density at radius 2 is 2.26 bits per heavy atom. The molecular formula is C15H21N3O. The van der Waals surface area contributed by atoms with Gasteiger partial charge in [0.15, 0.2) is 0 Å². The van der Waals surface area contributed by atoms with Gasteiger partial charge in [-0.1, -0.05) is 6.07 Å². The van der Waals surface area contributed by atoms with Crippen LogP contribution in [-0.4, -0.2) is 19.7 Å². The van der Waals surface area contributed by atoms with Gasteiger partial charge in [0.2, 0.25) is 0 Å². The molecule has 0 radical (unpaired) electrons. The maximum Gasteiger partial charge on any atom is 0.125 e. The summed E-state index contributed by atoms with van der Waals surface area (Å²) in [5.74, 6) is 0.829. The van der Waals surface area contributed by atoms with Crippen molar-refractivity contribution in [3.05, 3.63) is 23.8 Å². The van der Waals surface area contributed by atoms with Gasteiger partial charge >= 0.3 is 0 Å². The number of nitrogens with two attached hydrogens (primary N) is 1. The summed E-state index contributed by atoms with van der Waals surface area (Å²) in [6.07, 6.45) is 2.92. The molecular weight excluding hydrogens is 238 g/mol. The fourth-order valence-electron chi connectivity index (χ4n) is 2.47. The topological polar surface area (TPSA) is 62.3 Å². The maximum atomic E-state index is 8.82. The van der Waals surface area contributed by atoms with Crippen molar-refractivity contribution in [3.63, 3.8) is 0 Å². The van der Waals surface area contributed by atoms with Crippen LogP contribution >= 0.6 is 0 Å². The molecule has 0 saturated heterocycles. The zero-order valence-electron chi connectivity index (χ0n) is 11.6. The molecule has 1 fully saturated rings. The van der Waals surface area contributed by atoms with E-state index in [1.165, 1.54) is 12.8 Å². The Hall–Kier alpha value is -1.73. The third kappa shape index (κ3) is 2.99. The Labute approximate surface area is 114 Å². The van der Waals surface area contributed by atoms with E-state index in [1.54, 1.807) is 7.11 Å². The molecule has 19 heavy (non-hydrogen) atoms. The van der Waals surface area contributed by atoms with Crippen LogP contribution in [0.2, 0.25) is 0 Å². The van der Waals surface area contributed by atoms with Gasteiger partial charge in [-0.2, -0.15) is 5.26 Å². The molecule has 0 amide bonds. The number of nitriles is 1. The maximum absolute atomic E-state index is 8.82. The summed E-state index contributed by atoms with van der Waals surface area (Å²) >= 11 is 0. The molecule has 0 unspecified atom stereocenters. The van der Waals surface area contributed by atoms with Crippen LogP contribution in [0.5, 0.6) is 5.75 Å². The number of methoxy groups -OCH3 is 1. The van der Waals surface area contributed by atoms with Crippen LogP contribution in [0.4, 0.5) is 5.69 Å². The zero-order chi connectivity index (χ0) is 13.8.